The SMILES string of the molecule is CCOC(OCC)[C@H](CC(=O)O)N[C@H](C)c1ccccc1.Cc1ccc(S(=O)(=O)O)cc1. The lowest BCUT2D eigenvalue weighted by Gasteiger charge is -2.29. The summed E-state index contributed by atoms with van der Waals surface area (Å²) < 4.78 is 40.6. The van der Waals surface area contributed by atoms with Gasteiger partial charge in [-0.25, -0.2) is 0 Å². The van der Waals surface area contributed by atoms with Crippen LogP contribution in [0, 0.1) is 6.92 Å². The first-order valence-corrected chi connectivity index (χ1v) is 11.8. The van der Waals surface area contributed by atoms with E-state index in [4.69, 9.17) is 19.1 Å². The average Bonchev–Trinajstić information content (AvgIpc) is 2.73. The van der Waals surface area contributed by atoms with Crippen LogP contribution in [0.4, 0.5) is 0 Å². The second kappa shape index (κ2) is 14.0. The van der Waals surface area contributed by atoms with Gasteiger partial charge in [0.2, 0.25) is 0 Å². The Balaban J connectivity index is 0.000000389. The number of ether oxygens (including phenoxy) is 2. The van der Waals surface area contributed by atoms with Gasteiger partial charge in [-0.3, -0.25) is 9.35 Å². The fraction of sp³-hybridized carbons (Fsp3) is 0.435. The van der Waals surface area contributed by atoms with Gasteiger partial charge in [-0.15, -0.1) is 0 Å². The predicted octanol–water partition coefficient (Wildman–Crippen LogP) is 3.82. The highest BCUT2D eigenvalue weighted by molar-refractivity contribution is 7.85. The Bertz CT molecular complexity index is 896. The summed E-state index contributed by atoms with van der Waals surface area (Å²) in [6, 6.07) is 15.5. The molecule has 0 aromatic heterocycles. The van der Waals surface area contributed by atoms with Crippen LogP contribution in [0.25, 0.3) is 0 Å². The molecule has 0 spiro atoms. The molecule has 8 nitrogen and oxygen atoms in total. The molecule has 0 heterocycles. The minimum Gasteiger partial charge on any atom is -0.481 e. The van der Waals surface area contributed by atoms with Crippen LogP contribution in [0.1, 0.15) is 44.4 Å². The van der Waals surface area contributed by atoms with Crippen LogP contribution >= 0.6 is 0 Å². The molecule has 3 N–H and O–H groups in total. The molecular formula is C23H33NO7S. The van der Waals surface area contributed by atoms with Crippen molar-refractivity contribution in [3.05, 3.63) is 65.7 Å². The average molecular weight is 468 g/mol. The molecule has 0 saturated carbocycles. The highest BCUT2D eigenvalue weighted by atomic mass is 32.2. The molecule has 178 valence electrons. The van der Waals surface area contributed by atoms with Crippen LogP contribution in [-0.4, -0.2) is 49.6 Å². The van der Waals surface area contributed by atoms with Gasteiger partial charge in [0.1, 0.15) is 0 Å². The zero-order chi connectivity index (χ0) is 24.1. The van der Waals surface area contributed by atoms with Gasteiger partial charge >= 0.3 is 5.97 Å². The largest absolute Gasteiger partial charge is 0.481 e. The van der Waals surface area contributed by atoms with Gasteiger partial charge in [-0.05, 0) is 45.4 Å². The van der Waals surface area contributed by atoms with E-state index in [-0.39, 0.29) is 17.4 Å². The van der Waals surface area contributed by atoms with Crippen LogP contribution in [0.15, 0.2) is 59.5 Å². The molecule has 0 radical (unpaired) electrons. The number of hydrogen-bond acceptors (Lipinski definition) is 6. The Morgan fingerprint density at radius 3 is 1.97 bits per heavy atom. The number of carboxylic acid groups (broad SMARTS) is 1. The summed E-state index contributed by atoms with van der Waals surface area (Å²) >= 11 is 0. The fourth-order valence-electron chi connectivity index (χ4n) is 2.90. The Morgan fingerprint density at radius 2 is 1.53 bits per heavy atom. The molecule has 0 aliphatic heterocycles. The van der Waals surface area contributed by atoms with Crippen LogP contribution in [-0.2, 0) is 24.4 Å². The minimum absolute atomic E-state index is 0.0129. The van der Waals surface area contributed by atoms with E-state index >= 15 is 0 Å². The lowest BCUT2D eigenvalue weighted by Crippen LogP contribution is -2.45. The topological polar surface area (TPSA) is 122 Å². The van der Waals surface area contributed by atoms with Crippen molar-refractivity contribution in [2.45, 2.75) is 57.4 Å². The summed E-state index contributed by atoms with van der Waals surface area (Å²) in [5.41, 5.74) is 2.05. The van der Waals surface area contributed by atoms with Gasteiger partial charge in [-0.1, -0.05) is 48.0 Å². The van der Waals surface area contributed by atoms with Crippen LogP contribution in [0.2, 0.25) is 0 Å². The number of nitrogens with one attached hydrogen (secondary N) is 1. The number of carboxylic acids is 1. The minimum atomic E-state index is -4.02. The van der Waals surface area contributed by atoms with Crippen molar-refractivity contribution in [1.82, 2.24) is 5.32 Å². The predicted molar refractivity (Wildman–Crippen MR) is 122 cm³/mol. The number of carbonyl (C=O) groups is 1. The normalized spacial score (nSPS) is 13.2. The molecular weight excluding hydrogens is 434 g/mol. The second-order valence-electron chi connectivity index (χ2n) is 7.07. The van der Waals surface area contributed by atoms with E-state index in [0.29, 0.717) is 13.2 Å². The highest BCUT2D eigenvalue weighted by Crippen LogP contribution is 2.16. The van der Waals surface area contributed by atoms with Gasteiger partial charge in [0.05, 0.1) is 17.4 Å². The van der Waals surface area contributed by atoms with E-state index in [1.807, 2.05) is 58.0 Å². The molecule has 0 fully saturated rings. The number of aryl methyl sites for hydroxylation is 1. The summed E-state index contributed by atoms with van der Waals surface area (Å²) in [5, 5.41) is 12.4. The van der Waals surface area contributed by atoms with Gasteiger partial charge in [0.15, 0.2) is 6.29 Å². The van der Waals surface area contributed by atoms with E-state index in [9.17, 15) is 13.2 Å². The maximum Gasteiger partial charge on any atom is 0.305 e. The number of rotatable bonds is 11. The fourth-order valence-corrected chi connectivity index (χ4v) is 3.38. The molecule has 0 aliphatic carbocycles. The Hall–Kier alpha value is -2.30. The van der Waals surface area contributed by atoms with E-state index in [0.717, 1.165) is 11.1 Å². The number of hydrogen-bond donors (Lipinski definition) is 3. The smallest absolute Gasteiger partial charge is 0.305 e. The van der Waals surface area contributed by atoms with Gasteiger partial charge in [0, 0.05) is 19.3 Å². The molecule has 32 heavy (non-hydrogen) atoms. The molecule has 0 unspecified atom stereocenters. The molecule has 2 aromatic rings. The second-order valence-corrected chi connectivity index (χ2v) is 8.49. The number of aliphatic carboxylic acids is 1. The van der Waals surface area contributed by atoms with Crippen molar-refractivity contribution in [2.24, 2.45) is 0 Å². The monoisotopic (exact) mass is 467 g/mol. The van der Waals surface area contributed by atoms with Crippen LogP contribution in [0.3, 0.4) is 0 Å². The summed E-state index contributed by atoms with van der Waals surface area (Å²) in [6.45, 7) is 8.52. The van der Waals surface area contributed by atoms with Crippen LogP contribution in [0.5, 0.6) is 0 Å². The maximum atomic E-state index is 11.1. The van der Waals surface area contributed by atoms with Gasteiger partial charge in [-0.2, -0.15) is 8.42 Å². The Morgan fingerprint density at radius 1 is 1.00 bits per heavy atom. The third kappa shape index (κ3) is 10.3. The summed E-state index contributed by atoms with van der Waals surface area (Å²) in [6.07, 6.45) is -0.621. The zero-order valence-corrected chi connectivity index (χ0v) is 19.7. The summed E-state index contributed by atoms with van der Waals surface area (Å²) in [7, 11) is -4.02. The molecule has 0 amide bonds. The molecule has 2 rings (SSSR count). The third-order valence-corrected chi connectivity index (χ3v) is 5.34. The first-order chi connectivity index (χ1) is 15.1. The molecule has 0 saturated heterocycles. The third-order valence-electron chi connectivity index (χ3n) is 4.47. The van der Waals surface area contributed by atoms with E-state index in [1.165, 1.54) is 12.1 Å². The quantitative estimate of drug-likeness (QED) is 0.337. The summed E-state index contributed by atoms with van der Waals surface area (Å²) in [5.74, 6) is -0.878. The molecule has 0 aliphatic rings. The van der Waals surface area contributed by atoms with Crippen molar-refractivity contribution in [1.29, 1.82) is 0 Å². The van der Waals surface area contributed by atoms with E-state index in [2.05, 4.69) is 5.32 Å². The first kappa shape index (κ1) is 27.7. The van der Waals surface area contributed by atoms with E-state index < -0.39 is 28.4 Å². The van der Waals surface area contributed by atoms with E-state index in [1.54, 1.807) is 12.1 Å². The van der Waals surface area contributed by atoms with Crippen molar-refractivity contribution >= 4 is 16.1 Å². The standard InChI is InChI=1S/C16H25NO4.C7H8O3S/c1-4-20-16(21-5-2)14(11-15(18)19)17-12(3)13-9-7-6-8-10-13;1-6-2-4-7(5-3-6)11(8,9)10/h6-10,12,14,16-17H,4-5,11H2,1-3H3,(H,18,19);2-5H,1H3,(H,8,9,10)/t12-,14+;/m1./s1. The maximum absolute atomic E-state index is 11.1. The lowest BCUT2D eigenvalue weighted by molar-refractivity contribution is -0.164. The zero-order valence-electron chi connectivity index (χ0n) is 18.9. The number of benzene rings is 2. The first-order valence-electron chi connectivity index (χ1n) is 10.4. The Labute approximate surface area is 190 Å². The molecule has 9 heteroatoms. The molecule has 2 aromatic carbocycles. The van der Waals surface area contributed by atoms with Gasteiger partial charge < -0.3 is 19.9 Å². The van der Waals surface area contributed by atoms with Crippen molar-refractivity contribution in [2.75, 3.05) is 13.2 Å². The van der Waals surface area contributed by atoms with Crippen LogP contribution < -0.4 is 5.32 Å². The van der Waals surface area contributed by atoms with Crippen molar-refractivity contribution in [3.63, 3.8) is 0 Å². The lowest BCUT2D eigenvalue weighted by atomic mass is 10.1. The summed E-state index contributed by atoms with van der Waals surface area (Å²) in [4.78, 5) is 11.0. The Kier molecular flexibility index (Phi) is 12.1. The molecule has 0 bridgehead atoms. The van der Waals surface area contributed by atoms with Crippen molar-refractivity contribution in [3.8, 4) is 0 Å². The van der Waals surface area contributed by atoms with Crippen molar-refractivity contribution < 1.29 is 32.3 Å². The van der Waals surface area contributed by atoms with Gasteiger partial charge in [0.25, 0.3) is 10.1 Å². The molecule has 2 atom stereocenters. The highest BCUT2D eigenvalue weighted by Gasteiger charge is 2.26.